The molecular formula is C36H43N3O9S. The fourth-order valence-electron chi connectivity index (χ4n) is 6.81. The topological polar surface area (TPSA) is 158 Å². The van der Waals surface area contributed by atoms with Crippen LogP contribution in [0, 0.1) is 22.7 Å². The lowest BCUT2D eigenvalue weighted by Gasteiger charge is -2.34. The van der Waals surface area contributed by atoms with Crippen LogP contribution < -0.4 is 14.2 Å². The maximum absolute atomic E-state index is 14.4. The Bertz CT molecular complexity index is 1810. The molecule has 49 heavy (non-hydrogen) atoms. The molecule has 262 valence electrons. The second-order valence-corrected chi connectivity index (χ2v) is 16.6. The molecule has 2 saturated carbocycles. The number of esters is 1. The number of rotatable bonds is 7. The first-order valence-electron chi connectivity index (χ1n) is 16.7. The zero-order valence-electron chi connectivity index (χ0n) is 28.1. The number of nitrogens with one attached hydrogen (secondary N) is 1. The molecule has 3 heterocycles. The average Bonchev–Trinajstić information content (AvgIpc) is 3.97. The number of sulfonamides is 1. The van der Waals surface area contributed by atoms with Gasteiger partial charge in [0.1, 0.15) is 25.1 Å². The van der Waals surface area contributed by atoms with Crippen LogP contribution in [0.2, 0.25) is 0 Å². The van der Waals surface area contributed by atoms with Crippen molar-refractivity contribution in [3.05, 3.63) is 55.3 Å². The molecule has 0 spiro atoms. The fourth-order valence-corrected chi connectivity index (χ4v) is 8.20. The van der Waals surface area contributed by atoms with Gasteiger partial charge in [-0.2, -0.15) is 0 Å². The predicted octanol–water partition coefficient (Wildman–Crippen LogP) is 3.89. The Morgan fingerprint density at radius 1 is 1.12 bits per heavy atom. The molecule has 2 amide bonds. The molecule has 2 unspecified atom stereocenters. The molecule has 4 bridgehead atoms. The molecule has 0 radical (unpaired) electrons. The highest BCUT2D eigenvalue weighted by atomic mass is 32.2. The number of amides is 2. The van der Waals surface area contributed by atoms with Crippen molar-refractivity contribution in [1.29, 1.82) is 0 Å². The number of benzene rings is 1. The largest absolute Gasteiger partial charge is 0.490 e. The van der Waals surface area contributed by atoms with Gasteiger partial charge in [0, 0.05) is 24.4 Å². The summed E-state index contributed by atoms with van der Waals surface area (Å²) in [5.41, 5.74) is -1.96. The second-order valence-electron chi connectivity index (χ2n) is 14.6. The van der Waals surface area contributed by atoms with Crippen molar-refractivity contribution < 1.29 is 41.8 Å². The number of carbonyl (C=O) groups is 4. The molecule has 1 aromatic heterocycles. The monoisotopic (exact) mass is 693 g/mol. The summed E-state index contributed by atoms with van der Waals surface area (Å²) in [6.45, 7) is 9.63. The van der Waals surface area contributed by atoms with Crippen molar-refractivity contribution in [1.82, 2.24) is 14.6 Å². The molecule has 1 N–H and O–H groups in total. The fraction of sp³-hybridized carbons (Fsp3) is 0.528. The van der Waals surface area contributed by atoms with Gasteiger partial charge in [0.25, 0.3) is 0 Å². The molecule has 1 saturated heterocycles. The Morgan fingerprint density at radius 3 is 2.53 bits per heavy atom. The van der Waals surface area contributed by atoms with Gasteiger partial charge in [-0.3, -0.25) is 23.9 Å². The number of pyridine rings is 1. The van der Waals surface area contributed by atoms with Gasteiger partial charge in [-0.15, -0.1) is 6.58 Å². The Balaban J connectivity index is 1.33. The lowest BCUT2D eigenvalue weighted by atomic mass is 9.77. The number of allylic oxidation sites excluding steroid dienone is 1. The summed E-state index contributed by atoms with van der Waals surface area (Å²) in [4.78, 5) is 61.1. The minimum absolute atomic E-state index is 0.00482. The van der Waals surface area contributed by atoms with Gasteiger partial charge >= 0.3 is 5.97 Å². The minimum Gasteiger partial charge on any atom is -0.490 e. The number of hydrogen-bond acceptors (Lipinski definition) is 10. The number of carbonyl (C=O) groups excluding carboxylic acids is 4. The first-order valence-corrected chi connectivity index (χ1v) is 18.3. The Morgan fingerprint density at radius 2 is 1.86 bits per heavy atom. The van der Waals surface area contributed by atoms with E-state index < -0.39 is 73.7 Å². The molecule has 2 aromatic rings. The van der Waals surface area contributed by atoms with Gasteiger partial charge in [0.05, 0.1) is 35.6 Å². The van der Waals surface area contributed by atoms with E-state index in [1.54, 1.807) is 24.4 Å². The molecule has 2 aliphatic heterocycles. The molecule has 4 aliphatic rings. The first-order chi connectivity index (χ1) is 23.2. The number of nitrogens with zero attached hydrogens (tertiary/aromatic N) is 2. The van der Waals surface area contributed by atoms with E-state index in [0.29, 0.717) is 29.9 Å². The average molecular weight is 694 g/mol. The van der Waals surface area contributed by atoms with Crippen LogP contribution in [0.4, 0.5) is 0 Å². The van der Waals surface area contributed by atoms with Crippen LogP contribution in [0.3, 0.4) is 0 Å². The Kier molecular flexibility index (Phi) is 9.33. The number of ether oxygens (including phenoxy) is 3. The third kappa shape index (κ3) is 7.36. The lowest BCUT2D eigenvalue weighted by molar-refractivity contribution is -0.152. The normalized spacial score (nSPS) is 28.4. The first kappa shape index (κ1) is 34.6. The highest BCUT2D eigenvalue weighted by Gasteiger charge is 2.61. The molecule has 13 heteroatoms. The summed E-state index contributed by atoms with van der Waals surface area (Å²) in [6.07, 6.45) is 6.81. The van der Waals surface area contributed by atoms with Crippen LogP contribution >= 0.6 is 0 Å². The minimum atomic E-state index is -3.84. The number of fused-ring (bicyclic) bond motifs is 3. The predicted molar refractivity (Wildman–Crippen MR) is 180 cm³/mol. The number of ketones is 1. The van der Waals surface area contributed by atoms with Crippen molar-refractivity contribution >= 4 is 44.4 Å². The summed E-state index contributed by atoms with van der Waals surface area (Å²) in [6, 6.07) is 6.37. The van der Waals surface area contributed by atoms with Crippen molar-refractivity contribution in [3.8, 4) is 11.6 Å². The van der Waals surface area contributed by atoms with Crippen molar-refractivity contribution in [2.75, 3.05) is 19.8 Å². The van der Waals surface area contributed by atoms with Gasteiger partial charge in [-0.05, 0) is 66.3 Å². The molecule has 2 aliphatic carbocycles. The van der Waals surface area contributed by atoms with E-state index >= 15 is 0 Å². The summed E-state index contributed by atoms with van der Waals surface area (Å²) in [5, 5.41) is 0.948. The zero-order chi connectivity index (χ0) is 35.1. The van der Waals surface area contributed by atoms with E-state index in [-0.39, 0.29) is 45.4 Å². The standard InChI is InChI=1S/C36H43N3O9S/c1-5-23-19-36(23,34(43)38-49(44,45)26-10-11-26)20-30(40)29-17-25-21-39(29)33(42)28(35(2,3)4)18-31(41)47-15-7-6-14-46-24-9-8-22-12-13-37-32(48-25)27(22)16-24/h5-9,12-13,16,23,25-26,28-29H,1,10-11,14-15,17-21H2,2-4H3,(H,38,43)/b7-6+/t23-,25?,28-,29?,36-/m1/s1. The quantitative estimate of drug-likeness (QED) is 0.333. The number of Topliss-reactive ketones (excluding diaryl/α,β-unsaturated/α-hetero) is 1. The SMILES string of the molecule is C=C[C@@H]1C[C@]1(CC(=O)C1CC2CN1C(=O)[C@H](C(C)(C)C)CC(=O)OC/C=C/COc1ccc3ccnc(c3c1)O2)C(=O)NS(=O)(=O)C1CC1. The molecule has 3 fully saturated rings. The summed E-state index contributed by atoms with van der Waals surface area (Å²) in [5.74, 6) is -2.41. The van der Waals surface area contributed by atoms with Gasteiger partial charge in [0.15, 0.2) is 5.78 Å². The van der Waals surface area contributed by atoms with E-state index in [1.165, 1.54) is 4.90 Å². The van der Waals surface area contributed by atoms with E-state index in [9.17, 15) is 27.6 Å². The van der Waals surface area contributed by atoms with Gasteiger partial charge < -0.3 is 19.1 Å². The van der Waals surface area contributed by atoms with Crippen LogP contribution in [0.15, 0.2) is 55.3 Å². The van der Waals surface area contributed by atoms with Gasteiger partial charge in [0.2, 0.25) is 27.7 Å². The van der Waals surface area contributed by atoms with E-state index in [4.69, 9.17) is 14.2 Å². The molecular weight excluding hydrogens is 650 g/mol. The molecule has 6 rings (SSSR count). The smallest absolute Gasteiger partial charge is 0.306 e. The molecule has 12 nitrogen and oxygen atoms in total. The Hall–Kier alpha value is -4.26. The summed E-state index contributed by atoms with van der Waals surface area (Å²) >= 11 is 0. The van der Waals surface area contributed by atoms with E-state index in [0.717, 1.165) is 5.39 Å². The van der Waals surface area contributed by atoms with Crippen LogP contribution in [-0.2, 0) is 33.9 Å². The van der Waals surface area contributed by atoms with Crippen molar-refractivity contribution in [3.63, 3.8) is 0 Å². The highest BCUT2D eigenvalue weighted by molar-refractivity contribution is 7.90. The van der Waals surface area contributed by atoms with Crippen molar-refractivity contribution in [2.24, 2.45) is 22.7 Å². The second kappa shape index (κ2) is 13.2. The number of aromatic nitrogens is 1. The van der Waals surface area contributed by atoms with E-state index in [1.807, 2.05) is 45.0 Å². The van der Waals surface area contributed by atoms with Crippen LogP contribution in [-0.4, -0.2) is 79.0 Å². The summed E-state index contributed by atoms with van der Waals surface area (Å²) in [7, 11) is -3.84. The molecule has 1 aromatic carbocycles. The van der Waals surface area contributed by atoms with Gasteiger partial charge in [-0.25, -0.2) is 13.4 Å². The maximum Gasteiger partial charge on any atom is 0.306 e. The third-order valence-electron chi connectivity index (χ3n) is 10.0. The lowest BCUT2D eigenvalue weighted by Crippen LogP contribution is -2.48. The van der Waals surface area contributed by atoms with Crippen LogP contribution in [0.1, 0.15) is 59.3 Å². The highest BCUT2D eigenvalue weighted by Crippen LogP contribution is 2.57. The summed E-state index contributed by atoms with van der Waals surface area (Å²) < 4.78 is 45.3. The van der Waals surface area contributed by atoms with Crippen LogP contribution in [0.25, 0.3) is 10.8 Å². The number of hydrogen-bond donors (Lipinski definition) is 1. The number of cyclic esters (lactones) is 1. The van der Waals surface area contributed by atoms with Gasteiger partial charge in [-0.1, -0.05) is 32.9 Å². The zero-order valence-corrected chi connectivity index (χ0v) is 28.9. The molecule has 5 atom stereocenters. The Labute approximate surface area is 286 Å². The van der Waals surface area contributed by atoms with Crippen molar-refractivity contribution in [2.45, 2.75) is 76.7 Å². The van der Waals surface area contributed by atoms with Crippen LogP contribution in [0.5, 0.6) is 11.6 Å². The third-order valence-corrected chi connectivity index (χ3v) is 11.8. The maximum atomic E-state index is 14.4. The van der Waals surface area contributed by atoms with E-state index in [2.05, 4.69) is 16.3 Å².